The third-order valence-electron chi connectivity index (χ3n) is 9.54. The Bertz CT molecular complexity index is 1990. The van der Waals surface area contributed by atoms with Gasteiger partial charge in [0, 0.05) is 17.1 Å². The van der Waals surface area contributed by atoms with Gasteiger partial charge in [-0.15, -0.1) is 35.3 Å². The predicted octanol–water partition coefficient (Wildman–Crippen LogP) is 14.6. The molecule has 0 aliphatic carbocycles. The maximum Gasteiger partial charge on any atom is 0.0979 e. The predicted molar refractivity (Wildman–Crippen MR) is 252 cm³/mol. The summed E-state index contributed by atoms with van der Waals surface area (Å²) in [6, 6.07) is 57.6. The Hall–Kier alpha value is -4.23. The fourth-order valence-electron chi connectivity index (χ4n) is 6.64. The van der Waals surface area contributed by atoms with Crippen molar-refractivity contribution in [2.45, 2.75) is 69.0 Å². The highest BCUT2D eigenvalue weighted by molar-refractivity contribution is 8.00. The van der Waals surface area contributed by atoms with Gasteiger partial charge in [0.25, 0.3) is 0 Å². The molecular formula is C50H57N3S3. The maximum absolute atomic E-state index is 3.98. The Morgan fingerprint density at radius 2 is 0.768 bits per heavy atom. The smallest absolute Gasteiger partial charge is 0.0979 e. The summed E-state index contributed by atoms with van der Waals surface area (Å²) in [6.45, 7) is 6.75. The molecule has 6 heteroatoms. The van der Waals surface area contributed by atoms with Crippen molar-refractivity contribution in [1.29, 1.82) is 0 Å². The Morgan fingerprint density at radius 3 is 1.18 bits per heavy atom. The third kappa shape index (κ3) is 12.6. The first-order chi connectivity index (χ1) is 27.6. The van der Waals surface area contributed by atoms with Crippen LogP contribution in [-0.2, 0) is 12.8 Å². The molecule has 6 aromatic carbocycles. The van der Waals surface area contributed by atoms with E-state index < -0.39 is 0 Å². The minimum Gasteiger partial charge on any atom is -0.369 e. The van der Waals surface area contributed by atoms with Crippen LogP contribution in [0.4, 0.5) is 17.1 Å². The van der Waals surface area contributed by atoms with Gasteiger partial charge in [-0.25, -0.2) is 0 Å². The van der Waals surface area contributed by atoms with Crippen molar-refractivity contribution in [3.8, 4) is 0 Å². The SMILES string of the molecule is CCCSC(Nc1ccc(Cc2ccc(NC(SCCC)c3ccccc3)c(Cc3ccc(NC(SCCC)c4ccccc4)cc3)c2)cc1)c1ccccc1. The van der Waals surface area contributed by atoms with Crippen molar-refractivity contribution in [3.63, 3.8) is 0 Å². The van der Waals surface area contributed by atoms with Crippen LogP contribution in [-0.4, -0.2) is 17.3 Å². The van der Waals surface area contributed by atoms with Gasteiger partial charge >= 0.3 is 0 Å². The molecule has 0 radical (unpaired) electrons. The third-order valence-corrected chi connectivity index (χ3v) is 13.6. The molecule has 0 spiro atoms. The quantitative estimate of drug-likeness (QED) is 0.0594. The van der Waals surface area contributed by atoms with E-state index in [1.807, 2.05) is 35.3 Å². The number of benzene rings is 6. The lowest BCUT2D eigenvalue weighted by Gasteiger charge is -2.23. The first-order valence-electron chi connectivity index (χ1n) is 20.2. The van der Waals surface area contributed by atoms with Crippen molar-refractivity contribution in [2.75, 3.05) is 33.2 Å². The molecule has 0 heterocycles. The minimum atomic E-state index is 0.179. The van der Waals surface area contributed by atoms with E-state index in [0.717, 1.165) is 60.7 Å². The highest BCUT2D eigenvalue weighted by Crippen LogP contribution is 2.35. The average Bonchev–Trinajstić information content (AvgIpc) is 3.25. The maximum atomic E-state index is 3.98. The Kier molecular flexibility index (Phi) is 16.6. The second kappa shape index (κ2) is 22.5. The molecule has 3 unspecified atom stereocenters. The number of hydrogen-bond donors (Lipinski definition) is 3. The topological polar surface area (TPSA) is 36.1 Å². The summed E-state index contributed by atoms with van der Waals surface area (Å²) in [6.07, 6.45) is 5.19. The van der Waals surface area contributed by atoms with E-state index in [2.05, 4.69) is 194 Å². The van der Waals surface area contributed by atoms with Crippen LogP contribution in [0.3, 0.4) is 0 Å². The lowest BCUT2D eigenvalue weighted by Crippen LogP contribution is -2.10. The highest BCUT2D eigenvalue weighted by atomic mass is 32.2. The summed E-state index contributed by atoms with van der Waals surface area (Å²) in [5, 5.41) is 12.2. The summed E-state index contributed by atoms with van der Waals surface area (Å²) in [5.41, 5.74) is 12.7. The molecule has 3 nitrogen and oxygen atoms in total. The molecule has 0 aliphatic heterocycles. The van der Waals surface area contributed by atoms with Crippen molar-refractivity contribution in [1.82, 2.24) is 0 Å². The Balaban J connectivity index is 1.21. The molecular weight excluding hydrogens is 739 g/mol. The molecule has 0 amide bonds. The van der Waals surface area contributed by atoms with Gasteiger partial charge in [0.1, 0.15) is 0 Å². The monoisotopic (exact) mass is 795 g/mol. The van der Waals surface area contributed by atoms with Gasteiger partial charge in [0.15, 0.2) is 0 Å². The molecule has 290 valence electrons. The minimum absolute atomic E-state index is 0.179. The Morgan fingerprint density at radius 1 is 0.393 bits per heavy atom. The van der Waals surface area contributed by atoms with Crippen molar-refractivity contribution in [2.24, 2.45) is 0 Å². The summed E-state index contributed by atoms with van der Waals surface area (Å²) in [7, 11) is 0. The molecule has 0 aromatic heterocycles. The molecule has 6 rings (SSSR count). The lowest BCUT2D eigenvalue weighted by atomic mass is 9.97. The first-order valence-corrected chi connectivity index (χ1v) is 23.3. The fourth-order valence-corrected chi connectivity index (χ4v) is 9.75. The Labute approximate surface area is 349 Å². The zero-order valence-electron chi connectivity index (χ0n) is 33.1. The summed E-state index contributed by atoms with van der Waals surface area (Å²) in [5.74, 6) is 3.34. The van der Waals surface area contributed by atoms with E-state index in [0.29, 0.717) is 0 Å². The van der Waals surface area contributed by atoms with Crippen LogP contribution in [0.5, 0.6) is 0 Å². The lowest BCUT2D eigenvalue weighted by molar-refractivity contribution is 1.05. The number of rotatable bonds is 22. The van der Waals surface area contributed by atoms with Crippen LogP contribution in [0, 0.1) is 0 Å². The number of hydrogen-bond acceptors (Lipinski definition) is 6. The van der Waals surface area contributed by atoms with E-state index in [9.17, 15) is 0 Å². The first kappa shape index (κ1) is 41.4. The molecule has 0 saturated carbocycles. The zero-order valence-corrected chi connectivity index (χ0v) is 35.6. The number of thioether (sulfide) groups is 3. The van der Waals surface area contributed by atoms with Crippen molar-refractivity contribution >= 4 is 52.3 Å². The van der Waals surface area contributed by atoms with E-state index >= 15 is 0 Å². The van der Waals surface area contributed by atoms with Gasteiger partial charge in [-0.05, 0) is 119 Å². The van der Waals surface area contributed by atoms with Crippen LogP contribution in [0.15, 0.2) is 158 Å². The molecule has 3 N–H and O–H groups in total. The summed E-state index contributed by atoms with van der Waals surface area (Å²) >= 11 is 5.92. The van der Waals surface area contributed by atoms with Gasteiger partial charge in [-0.3, -0.25) is 0 Å². The van der Waals surface area contributed by atoms with Gasteiger partial charge in [-0.2, -0.15) is 0 Å². The van der Waals surface area contributed by atoms with Crippen molar-refractivity contribution < 1.29 is 0 Å². The van der Waals surface area contributed by atoms with Gasteiger partial charge < -0.3 is 16.0 Å². The molecule has 0 bridgehead atoms. The van der Waals surface area contributed by atoms with Gasteiger partial charge in [-0.1, -0.05) is 148 Å². The van der Waals surface area contributed by atoms with Crippen LogP contribution < -0.4 is 16.0 Å². The van der Waals surface area contributed by atoms with Crippen LogP contribution in [0.25, 0.3) is 0 Å². The van der Waals surface area contributed by atoms with E-state index in [-0.39, 0.29) is 16.1 Å². The fraction of sp³-hybridized carbons (Fsp3) is 0.280. The zero-order chi connectivity index (χ0) is 38.8. The van der Waals surface area contributed by atoms with E-state index in [1.165, 1.54) is 44.6 Å². The highest BCUT2D eigenvalue weighted by Gasteiger charge is 2.16. The molecule has 0 saturated heterocycles. The summed E-state index contributed by atoms with van der Waals surface area (Å²) < 4.78 is 0. The molecule has 6 aromatic rings. The van der Waals surface area contributed by atoms with E-state index in [1.54, 1.807) is 0 Å². The van der Waals surface area contributed by atoms with Crippen LogP contribution in [0.1, 0.15) is 95.1 Å². The standard InChI is InChI=1S/C50H57N3S3/c1-4-32-54-48(41-16-10-7-11-17-41)51-45-27-22-38(23-28-45)35-40-26-31-47(53-50(56-34-6-3)43-20-14-9-15-21-43)44(37-40)36-39-24-29-46(30-25-39)52-49(55-33-5-2)42-18-12-8-13-19-42/h7-31,37,48-53H,4-6,32-36H2,1-3H3. The number of nitrogens with one attached hydrogen (secondary N) is 3. The second-order valence-electron chi connectivity index (χ2n) is 14.2. The molecule has 0 fully saturated rings. The largest absolute Gasteiger partial charge is 0.369 e. The molecule has 56 heavy (non-hydrogen) atoms. The normalized spacial score (nSPS) is 12.8. The molecule has 3 atom stereocenters. The summed E-state index contributed by atoms with van der Waals surface area (Å²) in [4.78, 5) is 0. The van der Waals surface area contributed by atoms with Gasteiger partial charge in [0.2, 0.25) is 0 Å². The second-order valence-corrected chi connectivity index (χ2v) is 17.8. The van der Waals surface area contributed by atoms with Crippen molar-refractivity contribution in [3.05, 3.63) is 197 Å². The molecule has 0 aliphatic rings. The van der Waals surface area contributed by atoms with Crippen LogP contribution in [0.2, 0.25) is 0 Å². The van der Waals surface area contributed by atoms with E-state index in [4.69, 9.17) is 0 Å². The average molecular weight is 796 g/mol. The number of anilines is 3. The van der Waals surface area contributed by atoms with Gasteiger partial charge in [0.05, 0.1) is 16.1 Å². The van der Waals surface area contributed by atoms with Crippen LogP contribution >= 0.6 is 35.3 Å².